The summed E-state index contributed by atoms with van der Waals surface area (Å²) in [4.78, 5) is 9.18. The van der Waals surface area contributed by atoms with Gasteiger partial charge in [-0.05, 0) is 42.0 Å². The van der Waals surface area contributed by atoms with Gasteiger partial charge in [0.15, 0.2) is 0 Å². The minimum absolute atomic E-state index is 0.557. The van der Waals surface area contributed by atoms with Crippen LogP contribution in [0.3, 0.4) is 0 Å². The van der Waals surface area contributed by atoms with Crippen molar-refractivity contribution in [2.75, 3.05) is 43.1 Å². The van der Waals surface area contributed by atoms with Crippen molar-refractivity contribution in [1.29, 1.82) is 0 Å². The summed E-state index contributed by atoms with van der Waals surface area (Å²) in [5.41, 5.74) is 8.07. The molecule has 2 aromatic rings. The van der Waals surface area contributed by atoms with Crippen molar-refractivity contribution in [3.8, 4) is 5.75 Å². The molecular weight excluding hydrogens is 276 g/mol. The molecule has 0 spiro atoms. The quantitative estimate of drug-likeness (QED) is 0.934. The number of ether oxygens (including phenoxy) is 1. The van der Waals surface area contributed by atoms with Gasteiger partial charge in [-0.15, -0.1) is 0 Å². The molecule has 0 unspecified atom stereocenters. The van der Waals surface area contributed by atoms with E-state index in [9.17, 15) is 0 Å². The van der Waals surface area contributed by atoms with E-state index in [1.807, 2.05) is 24.4 Å². The predicted octanol–water partition coefficient (Wildman–Crippen LogP) is 1.88. The summed E-state index contributed by atoms with van der Waals surface area (Å²) in [5.74, 6) is 1.92. The third-order valence-electron chi connectivity index (χ3n) is 4.09. The number of rotatable bonds is 4. The summed E-state index contributed by atoms with van der Waals surface area (Å²) in [6.07, 6.45) is 1.84. The van der Waals surface area contributed by atoms with E-state index in [1.54, 1.807) is 7.11 Å². The molecule has 2 heterocycles. The molecule has 3 rings (SSSR count). The van der Waals surface area contributed by atoms with Crippen molar-refractivity contribution >= 4 is 11.5 Å². The first kappa shape index (κ1) is 14.7. The molecule has 0 aliphatic carbocycles. The van der Waals surface area contributed by atoms with E-state index in [2.05, 4.69) is 33.0 Å². The number of pyridine rings is 1. The Labute approximate surface area is 131 Å². The van der Waals surface area contributed by atoms with E-state index in [0.717, 1.165) is 43.3 Å². The van der Waals surface area contributed by atoms with Crippen molar-refractivity contribution in [2.45, 2.75) is 6.54 Å². The summed E-state index contributed by atoms with van der Waals surface area (Å²) < 4.78 is 5.21. The zero-order chi connectivity index (χ0) is 15.4. The van der Waals surface area contributed by atoms with Crippen LogP contribution in [-0.2, 0) is 6.54 Å². The highest BCUT2D eigenvalue weighted by atomic mass is 16.5. The van der Waals surface area contributed by atoms with Gasteiger partial charge in [-0.25, -0.2) is 4.98 Å². The molecule has 22 heavy (non-hydrogen) atoms. The highest BCUT2D eigenvalue weighted by Gasteiger charge is 2.18. The van der Waals surface area contributed by atoms with Gasteiger partial charge in [-0.3, -0.25) is 0 Å². The smallest absolute Gasteiger partial charge is 0.128 e. The summed E-state index contributed by atoms with van der Waals surface area (Å²) in [5, 5.41) is 0. The van der Waals surface area contributed by atoms with Crippen molar-refractivity contribution in [3.63, 3.8) is 0 Å². The first-order valence-corrected chi connectivity index (χ1v) is 7.59. The molecule has 1 aliphatic heterocycles. The molecule has 1 aromatic carbocycles. The third-order valence-corrected chi connectivity index (χ3v) is 4.09. The lowest BCUT2D eigenvalue weighted by Crippen LogP contribution is -2.46. The topological polar surface area (TPSA) is 54.6 Å². The van der Waals surface area contributed by atoms with Gasteiger partial charge in [0, 0.05) is 44.6 Å². The number of nitrogens with zero attached hydrogens (tertiary/aromatic N) is 3. The monoisotopic (exact) mass is 298 g/mol. The van der Waals surface area contributed by atoms with Gasteiger partial charge in [-0.2, -0.15) is 0 Å². The standard InChI is InChI=1S/C17H22N4O/c1-22-16-4-2-15(3-5-16)20-8-10-21(11-9-20)17-12-14(13-18)6-7-19-17/h2-7,12H,8-11,13,18H2,1H3. The fourth-order valence-corrected chi connectivity index (χ4v) is 2.75. The first-order chi connectivity index (χ1) is 10.8. The van der Waals surface area contributed by atoms with E-state index in [1.165, 1.54) is 5.69 Å². The zero-order valence-corrected chi connectivity index (χ0v) is 12.9. The van der Waals surface area contributed by atoms with Gasteiger partial charge in [0.25, 0.3) is 0 Å². The van der Waals surface area contributed by atoms with Crippen LogP contribution in [-0.4, -0.2) is 38.3 Å². The molecule has 0 saturated carbocycles. The van der Waals surface area contributed by atoms with Crippen molar-refractivity contribution in [2.24, 2.45) is 5.73 Å². The summed E-state index contributed by atoms with van der Waals surface area (Å²) in [6, 6.07) is 12.3. The molecule has 1 fully saturated rings. The molecule has 5 heteroatoms. The van der Waals surface area contributed by atoms with Crippen LogP contribution < -0.4 is 20.3 Å². The summed E-state index contributed by atoms with van der Waals surface area (Å²) >= 11 is 0. The second-order valence-corrected chi connectivity index (χ2v) is 5.40. The minimum atomic E-state index is 0.557. The molecule has 0 atom stereocenters. The fraction of sp³-hybridized carbons (Fsp3) is 0.353. The average Bonchev–Trinajstić information content (AvgIpc) is 2.62. The number of piperazine rings is 1. The molecule has 0 radical (unpaired) electrons. The van der Waals surface area contributed by atoms with E-state index >= 15 is 0 Å². The Morgan fingerprint density at radius 2 is 1.73 bits per heavy atom. The van der Waals surface area contributed by atoms with Crippen LogP contribution in [0, 0.1) is 0 Å². The lowest BCUT2D eigenvalue weighted by molar-refractivity contribution is 0.415. The number of anilines is 2. The molecule has 1 aliphatic rings. The van der Waals surface area contributed by atoms with Crippen molar-refractivity contribution in [3.05, 3.63) is 48.2 Å². The predicted molar refractivity (Wildman–Crippen MR) is 89.5 cm³/mol. The molecule has 0 amide bonds. The van der Waals surface area contributed by atoms with Crippen LogP contribution in [0.15, 0.2) is 42.6 Å². The Morgan fingerprint density at radius 1 is 1.05 bits per heavy atom. The van der Waals surface area contributed by atoms with Crippen LogP contribution in [0.25, 0.3) is 0 Å². The van der Waals surface area contributed by atoms with Gasteiger partial charge in [0.05, 0.1) is 7.11 Å². The number of hydrogen-bond acceptors (Lipinski definition) is 5. The van der Waals surface area contributed by atoms with E-state index in [0.29, 0.717) is 6.54 Å². The van der Waals surface area contributed by atoms with Gasteiger partial charge >= 0.3 is 0 Å². The number of aromatic nitrogens is 1. The normalized spacial score (nSPS) is 15.0. The van der Waals surface area contributed by atoms with Gasteiger partial charge in [0.1, 0.15) is 11.6 Å². The first-order valence-electron chi connectivity index (χ1n) is 7.59. The average molecular weight is 298 g/mol. The maximum Gasteiger partial charge on any atom is 0.128 e. The molecule has 116 valence electrons. The second-order valence-electron chi connectivity index (χ2n) is 5.40. The highest BCUT2D eigenvalue weighted by molar-refractivity contribution is 5.51. The largest absolute Gasteiger partial charge is 0.497 e. The van der Waals surface area contributed by atoms with Gasteiger partial charge in [0.2, 0.25) is 0 Å². The Hall–Kier alpha value is -2.27. The molecule has 1 aromatic heterocycles. The van der Waals surface area contributed by atoms with Crippen molar-refractivity contribution in [1.82, 2.24) is 4.98 Å². The zero-order valence-electron chi connectivity index (χ0n) is 12.9. The number of hydrogen-bond donors (Lipinski definition) is 1. The fourth-order valence-electron chi connectivity index (χ4n) is 2.75. The van der Waals surface area contributed by atoms with Gasteiger partial charge in [-0.1, -0.05) is 0 Å². The Kier molecular flexibility index (Phi) is 4.44. The molecule has 5 nitrogen and oxygen atoms in total. The van der Waals surface area contributed by atoms with Crippen LogP contribution in [0.1, 0.15) is 5.56 Å². The molecular formula is C17H22N4O. The van der Waals surface area contributed by atoms with E-state index in [-0.39, 0.29) is 0 Å². The van der Waals surface area contributed by atoms with E-state index in [4.69, 9.17) is 10.5 Å². The Balaban J connectivity index is 1.64. The number of benzene rings is 1. The second kappa shape index (κ2) is 6.66. The number of methoxy groups -OCH3 is 1. The minimum Gasteiger partial charge on any atom is -0.497 e. The SMILES string of the molecule is COc1ccc(N2CCN(c3cc(CN)ccn3)CC2)cc1. The summed E-state index contributed by atoms with van der Waals surface area (Å²) in [6.45, 7) is 4.46. The highest BCUT2D eigenvalue weighted by Crippen LogP contribution is 2.22. The van der Waals surface area contributed by atoms with Crippen LogP contribution in [0.5, 0.6) is 5.75 Å². The van der Waals surface area contributed by atoms with Crippen LogP contribution >= 0.6 is 0 Å². The summed E-state index contributed by atoms with van der Waals surface area (Å²) in [7, 11) is 1.69. The molecule has 0 bridgehead atoms. The van der Waals surface area contributed by atoms with Gasteiger partial charge < -0.3 is 20.3 Å². The third kappa shape index (κ3) is 3.14. The van der Waals surface area contributed by atoms with Crippen LogP contribution in [0.4, 0.5) is 11.5 Å². The van der Waals surface area contributed by atoms with Crippen molar-refractivity contribution < 1.29 is 4.74 Å². The maximum atomic E-state index is 5.71. The lowest BCUT2D eigenvalue weighted by Gasteiger charge is -2.36. The Morgan fingerprint density at radius 3 is 2.36 bits per heavy atom. The molecule has 2 N–H and O–H groups in total. The lowest BCUT2D eigenvalue weighted by atomic mass is 10.2. The van der Waals surface area contributed by atoms with E-state index < -0.39 is 0 Å². The molecule has 1 saturated heterocycles. The van der Waals surface area contributed by atoms with Crippen LogP contribution in [0.2, 0.25) is 0 Å². The maximum absolute atomic E-state index is 5.71. The number of nitrogens with two attached hydrogens (primary N) is 1. The Bertz CT molecular complexity index is 606.